The van der Waals surface area contributed by atoms with Crippen LogP contribution in [0, 0.1) is 0 Å². The molecule has 0 fully saturated rings. The minimum atomic E-state index is 0.296. The normalized spacial score (nSPS) is 24.4. The summed E-state index contributed by atoms with van der Waals surface area (Å²) in [6.45, 7) is 0. The summed E-state index contributed by atoms with van der Waals surface area (Å²) in [5.41, 5.74) is 12.5. The zero-order chi connectivity index (χ0) is 11.0. The minimum absolute atomic E-state index is 0.296. The number of hydrogen-bond donors (Lipinski definition) is 1. The number of fused-ring (bicyclic) bond motifs is 2. The molecule has 3 rings (SSSR count). The van der Waals surface area contributed by atoms with Gasteiger partial charge < -0.3 is 5.73 Å². The van der Waals surface area contributed by atoms with Crippen LogP contribution in [0.15, 0.2) is 12.1 Å². The first-order valence-corrected chi connectivity index (χ1v) is 6.75. The van der Waals surface area contributed by atoms with Crippen molar-refractivity contribution in [2.45, 2.75) is 57.4 Å². The Morgan fingerprint density at radius 2 is 1.44 bits per heavy atom. The molecule has 2 N–H and O–H groups in total. The summed E-state index contributed by atoms with van der Waals surface area (Å²) in [7, 11) is 0. The number of benzene rings is 1. The van der Waals surface area contributed by atoms with Gasteiger partial charge in [0.15, 0.2) is 0 Å². The summed E-state index contributed by atoms with van der Waals surface area (Å²) in [4.78, 5) is 0. The van der Waals surface area contributed by atoms with Crippen LogP contribution in [0.3, 0.4) is 0 Å². The van der Waals surface area contributed by atoms with E-state index in [0.29, 0.717) is 6.04 Å². The first kappa shape index (κ1) is 10.3. The molecule has 1 aromatic rings. The maximum Gasteiger partial charge on any atom is 0.0297 e. The molecular formula is C15H21N. The summed E-state index contributed by atoms with van der Waals surface area (Å²) in [6.07, 6.45) is 10.3. The van der Waals surface area contributed by atoms with Crippen LogP contribution in [0.4, 0.5) is 0 Å². The molecule has 0 saturated carbocycles. The molecular weight excluding hydrogens is 194 g/mol. The van der Waals surface area contributed by atoms with E-state index in [1.165, 1.54) is 56.9 Å². The molecule has 0 radical (unpaired) electrons. The molecule has 1 nitrogen and oxygen atoms in total. The van der Waals surface area contributed by atoms with Gasteiger partial charge in [0, 0.05) is 6.04 Å². The first-order valence-electron chi connectivity index (χ1n) is 6.75. The largest absolute Gasteiger partial charge is 0.324 e. The molecule has 0 aliphatic heterocycles. The van der Waals surface area contributed by atoms with Crippen LogP contribution in [-0.2, 0) is 19.3 Å². The number of rotatable bonds is 0. The third-order valence-corrected chi connectivity index (χ3v) is 4.21. The molecule has 1 atom stereocenters. The van der Waals surface area contributed by atoms with E-state index in [-0.39, 0.29) is 0 Å². The van der Waals surface area contributed by atoms with Crippen molar-refractivity contribution in [3.8, 4) is 0 Å². The van der Waals surface area contributed by atoms with Crippen molar-refractivity contribution in [2.75, 3.05) is 0 Å². The third-order valence-electron chi connectivity index (χ3n) is 4.21. The summed E-state index contributed by atoms with van der Waals surface area (Å²) in [6, 6.07) is 5.19. The maximum absolute atomic E-state index is 6.28. The van der Waals surface area contributed by atoms with Crippen molar-refractivity contribution in [2.24, 2.45) is 5.73 Å². The molecule has 2 aliphatic rings. The summed E-state index contributed by atoms with van der Waals surface area (Å²) < 4.78 is 0. The van der Waals surface area contributed by atoms with Crippen LogP contribution in [0.1, 0.15) is 60.4 Å². The highest BCUT2D eigenvalue weighted by Crippen LogP contribution is 2.32. The molecule has 0 bridgehead atoms. The number of nitrogens with two attached hydrogens (primary N) is 1. The second-order valence-electron chi connectivity index (χ2n) is 5.38. The lowest BCUT2D eigenvalue weighted by atomic mass is 9.86. The Morgan fingerprint density at radius 3 is 2.25 bits per heavy atom. The van der Waals surface area contributed by atoms with Crippen LogP contribution < -0.4 is 5.73 Å². The molecule has 1 aromatic carbocycles. The van der Waals surface area contributed by atoms with Crippen molar-refractivity contribution in [3.05, 3.63) is 34.4 Å². The highest BCUT2D eigenvalue weighted by Gasteiger charge is 2.19. The van der Waals surface area contributed by atoms with Crippen LogP contribution in [0.2, 0.25) is 0 Å². The molecule has 0 amide bonds. The molecule has 0 aromatic heterocycles. The second kappa shape index (κ2) is 4.21. The van der Waals surface area contributed by atoms with E-state index in [4.69, 9.17) is 5.73 Å². The molecule has 86 valence electrons. The summed E-state index contributed by atoms with van der Waals surface area (Å²) >= 11 is 0. The Hall–Kier alpha value is -0.820. The van der Waals surface area contributed by atoms with E-state index in [2.05, 4.69) is 12.1 Å². The third kappa shape index (κ3) is 1.78. The average molecular weight is 215 g/mol. The van der Waals surface area contributed by atoms with Gasteiger partial charge in [-0.15, -0.1) is 0 Å². The van der Waals surface area contributed by atoms with Gasteiger partial charge in [-0.2, -0.15) is 0 Å². The van der Waals surface area contributed by atoms with E-state index in [9.17, 15) is 0 Å². The maximum atomic E-state index is 6.28. The van der Waals surface area contributed by atoms with Crippen molar-refractivity contribution in [3.63, 3.8) is 0 Å². The molecule has 0 unspecified atom stereocenters. The average Bonchev–Trinajstić information content (AvgIpc) is 2.49. The van der Waals surface area contributed by atoms with Crippen LogP contribution in [-0.4, -0.2) is 0 Å². The zero-order valence-electron chi connectivity index (χ0n) is 9.97. The highest BCUT2D eigenvalue weighted by atomic mass is 14.6. The zero-order valence-corrected chi connectivity index (χ0v) is 9.97. The van der Waals surface area contributed by atoms with Gasteiger partial charge in [0.1, 0.15) is 0 Å². The number of hydrogen-bond acceptors (Lipinski definition) is 1. The van der Waals surface area contributed by atoms with E-state index < -0.39 is 0 Å². The molecule has 0 heterocycles. The van der Waals surface area contributed by atoms with E-state index in [1.807, 2.05) is 0 Å². The highest BCUT2D eigenvalue weighted by molar-refractivity contribution is 5.41. The van der Waals surface area contributed by atoms with Crippen LogP contribution >= 0.6 is 0 Å². The van der Waals surface area contributed by atoms with Crippen molar-refractivity contribution < 1.29 is 0 Å². The predicted octanol–water partition coefficient (Wildman–Crippen LogP) is 3.29. The van der Waals surface area contributed by atoms with Gasteiger partial charge in [-0.25, -0.2) is 0 Å². The van der Waals surface area contributed by atoms with Crippen molar-refractivity contribution in [1.82, 2.24) is 0 Å². The standard InChI is InChI=1S/C15H21N/c16-15-8-4-3-7-13-9-11-5-1-2-6-12(11)10-14(13)15/h9-10,15H,1-8,16H2/t15-/m1/s1. The smallest absolute Gasteiger partial charge is 0.0297 e. The van der Waals surface area contributed by atoms with Gasteiger partial charge in [-0.05, 0) is 67.2 Å². The van der Waals surface area contributed by atoms with Gasteiger partial charge in [0.25, 0.3) is 0 Å². The Balaban J connectivity index is 2.06. The van der Waals surface area contributed by atoms with Gasteiger partial charge >= 0.3 is 0 Å². The fourth-order valence-electron chi connectivity index (χ4n) is 3.25. The predicted molar refractivity (Wildman–Crippen MR) is 67.6 cm³/mol. The Morgan fingerprint density at radius 1 is 0.812 bits per heavy atom. The Bertz CT molecular complexity index is 395. The van der Waals surface area contributed by atoms with E-state index in [0.717, 1.165) is 0 Å². The topological polar surface area (TPSA) is 26.0 Å². The Labute approximate surface area is 98.0 Å². The lowest BCUT2D eigenvalue weighted by Gasteiger charge is -2.21. The molecule has 0 spiro atoms. The Kier molecular flexibility index (Phi) is 2.72. The SMILES string of the molecule is N[C@@H]1CCCCc2cc3c(cc21)CCCC3. The quantitative estimate of drug-likeness (QED) is 0.660. The van der Waals surface area contributed by atoms with Gasteiger partial charge in [0.2, 0.25) is 0 Å². The van der Waals surface area contributed by atoms with Crippen molar-refractivity contribution >= 4 is 0 Å². The summed E-state index contributed by atoms with van der Waals surface area (Å²) in [5.74, 6) is 0. The minimum Gasteiger partial charge on any atom is -0.324 e. The van der Waals surface area contributed by atoms with E-state index in [1.54, 1.807) is 16.7 Å². The summed E-state index contributed by atoms with van der Waals surface area (Å²) in [5, 5.41) is 0. The van der Waals surface area contributed by atoms with E-state index >= 15 is 0 Å². The molecule has 16 heavy (non-hydrogen) atoms. The van der Waals surface area contributed by atoms with Crippen LogP contribution in [0.5, 0.6) is 0 Å². The molecule has 0 saturated heterocycles. The monoisotopic (exact) mass is 215 g/mol. The molecule has 2 aliphatic carbocycles. The first-order chi connectivity index (χ1) is 7.84. The fraction of sp³-hybridized carbons (Fsp3) is 0.600. The second-order valence-corrected chi connectivity index (χ2v) is 5.38. The van der Waals surface area contributed by atoms with Crippen molar-refractivity contribution in [1.29, 1.82) is 0 Å². The lowest BCUT2D eigenvalue weighted by molar-refractivity contribution is 0.613. The fourth-order valence-corrected chi connectivity index (χ4v) is 3.25. The molecule has 1 heteroatoms. The van der Waals surface area contributed by atoms with Gasteiger partial charge in [-0.1, -0.05) is 18.6 Å². The van der Waals surface area contributed by atoms with Gasteiger partial charge in [0.05, 0.1) is 0 Å². The van der Waals surface area contributed by atoms with Crippen LogP contribution in [0.25, 0.3) is 0 Å². The number of aryl methyl sites for hydroxylation is 3. The van der Waals surface area contributed by atoms with Gasteiger partial charge in [-0.3, -0.25) is 0 Å². The lowest BCUT2D eigenvalue weighted by Crippen LogP contribution is -2.13.